The molecule has 0 unspecified atom stereocenters. The Balaban J connectivity index is 3.24. The minimum Gasteiger partial charge on any atom is -0.503 e. The van der Waals surface area contributed by atoms with Crippen molar-refractivity contribution >= 4 is 23.1 Å². The van der Waals surface area contributed by atoms with Gasteiger partial charge < -0.3 is 9.84 Å². The molecule has 1 aromatic rings. The van der Waals surface area contributed by atoms with Crippen LogP contribution in [-0.4, -0.2) is 18.2 Å². The average molecular weight is 231 g/mol. The van der Waals surface area contributed by atoms with E-state index in [1.165, 1.54) is 19.2 Å². The number of hydrogen-bond acceptors (Lipinski definition) is 2. The largest absolute Gasteiger partial charge is 0.503 e. The number of carbonyl (C=O) groups is 1. The van der Waals surface area contributed by atoms with E-state index in [1.807, 2.05) is 0 Å². The zero-order valence-electron chi connectivity index (χ0n) is 7.83. The van der Waals surface area contributed by atoms with Crippen LogP contribution in [0.5, 0.6) is 0 Å². The zero-order valence-corrected chi connectivity index (χ0v) is 8.58. The lowest BCUT2D eigenvalue weighted by molar-refractivity contribution is -0.130. The van der Waals surface area contributed by atoms with Crippen LogP contribution < -0.4 is 0 Å². The SMILES string of the molecule is COC=C(C(=O)O)c1ccc(Cl)cc1F. The lowest BCUT2D eigenvalue weighted by Gasteiger charge is -2.04. The Kier molecular flexibility index (Phi) is 3.68. The van der Waals surface area contributed by atoms with E-state index in [9.17, 15) is 9.18 Å². The van der Waals surface area contributed by atoms with E-state index in [4.69, 9.17) is 16.7 Å². The third-order valence-corrected chi connectivity index (χ3v) is 1.92. The second kappa shape index (κ2) is 4.79. The predicted octanol–water partition coefficient (Wildman–Crippen LogP) is 2.55. The Morgan fingerprint density at radius 3 is 2.73 bits per heavy atom. The number of rotatable bonds is 3. The van der Waals surface area contributed by atoms with Gasteiger partial charge in [-0.25, -0.2) is 9.18 Å². The van der Waals surface area contributed by atoms with Crippen LogP contribution in [0, 0.1) is 5.82 Å². The summed E-state index contributed by atoms with van der Waals surface area (Å²) < 4.78 is 17.9. The molecule has 1 aromatic carbocycles. The normalized spacial score (nSPS) is 11.3. The zero-order chi connectivity index (χ0) is 11.4. The molecule has 80 valence electrons. The first-order valence-corrected chi connectivity index (χ1v) is 4.35. The highest BCUT2D eigenvalue weighted by Crippen LogP contribution is 2.21. The van der Waals surface area contributed by atoms with E-state index >= 15 is 0 Å². The first kappa shape index (κ1) is 11.5. The van der Waals surface area contributed by atoms with Gasteiger partial charge in [0.05, 0.1) is 13.4 Å². The van der Waals surface area contributed by atoms with E-state index in [0.717, 1.165) is 12.3 Å². The van der Waals surface area contributed by atoms with Crippen LogP contribution in [-0.2, 0) is 9.53 Å². The summed E-state index contributed by atoms with van der Waals surface area (Å²) in [7, 11) is 1.29. The van der Waals surface area contributed by atoms with E-state index in [-0.39, 0.29) is 16.2 Å². The molecule has 0 saturated carbocycles. The first-order valence-electron chi connectivity index (χ1n) is 3.98. The fraction of sp³-hybridized carbons (Fsp3) is 0.100. The summed E-state index contributed by atoms with van der Waals surface area (Å²) in [4.78, 5) is 10.8. The number of halogens is 2. The number of ether oxygens (including phenoxy) is 1. The molecule has 0 heterocycles. The van der Waals surface area contributed by atoms with Crippen molar-refractivity contribution in [1.82, 2.24) is 0 Å². The molecular formula is C10H8ClFO3. The van der Waals surface area contributed by atoms with Crippen molar-refractivity contribution < 1.29 is 19.0 Å². The van der Waals surface area contributed by atoms with Crippen molar-refractivity contribution in [2.75, 3.05) is 7.11 Å². The van der Waals surface area contributed by atoms with Gasteiger partial charge in [0.15, 0.2) is 0 Å². The highest BCUT2D eigenvalue weighted by molar-refractivity contribution is 6.30. The molecule has 0 aromatic heterocycles. The summed E-state index contributed by atoms with van der Waals surface area (Å²) in [6.45, 7) is 0. The Bertz CT molecular complexity index is 415. The highest BCUT2D eigenvalue weighted by Gasteiger charge is 2.15. The lowest BCUT2D eigenvalue weighted by Crippen LogP contribution is -2.02. The van der Waals surface area contributed by atoms with Crippen LogP contribution in [0.15, 0.2) is 24.5 Å². The number of carboxylic acid groups (broad SMARTS) is 1. The van der Waals surface area contributed by atoms with Crippen molar-refractivity contribution in [3.05, 3.63) is 40.9 Å². The van der Waals surface area contributed by atoms with Crippen LogP contribution in [0.2, 0.25) is 5.02 Å². The maximum Gasteiger partial charge on any atom is 0.339 e. The fourth-order valence-electron chi connectivity index (χ4n) is 1.05. The third kappa shape index (κ3) is 2.70. The van der Waals surface area contributed by atoms with Gasteiger partial charge in [-0.1, -0.05) is 11.6 Å². The Morgan fingerprint density at radius 2 is 2.27 bits per heavy atom. The molecule has 0 amide bonds. The molecule has 0 aliphatic heterocycles. The summed E-state index contributed by atoms with van der Waals surface area (Å²) in [5, 5.41) is 9.01. The molecule has 0 atom stereocenters. The van der Waals surface area contributed by atoms with Gasteiger partial charge in [0, 0.05) is 10.6 Å². The molecule has 0 saturated heterocycles. The number of methoxy groups -OCH3 is 1. The number of carboxylic acids is 1. The van der Waals surface area contributed by atoms with Gasteiger partial charge in [0.1, 0.15) is 11.4 Å². The van der Waals surface area contributed by atoms with Crippen molar-refractivity contribution in [1.29, 1.82) is 0 Å². The topological polar surface area (TPSA) is 46.5 Å². The van der Waals surface area contributed by atoms with Crippen LogP contribution in [0.1, 0.15) is 5.56 Å². The van der Waals surface area contributed by atoms with Crippen LogP contribution in [0.4, 0.5) is 4.39 Å². The van der Waals surface area contributed by atoms with E-state index in [1.54, 1.807) is 0 Å². The Hall–Kier alpha value is -1.55. The van der Waals surface area contributed by atoms with Gasteiger partial charge in [-0.15, -0.1) is 0 Å². The van der Waals surface area contributed by atoms with Gasteiger partial charge in [-0.3, -0.25) is 0 Å². The van der Waals surface area contributed by atoms with E-state index in [2.05, 4.69) is 4.74 Å². The molecule has 0 fully saturated rings. The third-order valence-electron chi connectivity index (χ3n) is 1.69. The molecule has 0 aliphatic carbocycles. The summed E-state index contributed by atoms with van der Waals surface area (Å²) >= 11 is 5.54. The summed E-state index contributed by atoms with van der Waals surface area (Å²) in [6, 6.07) is 3.74. The molecule has 5 heteroatoms. The van der Waals surface area contributed by atoms with Gasteiger partial charge in [0.25, 0.3) is 0 Å². The van der Waals surface area contributed by atoms with Crippen molar-refractivity contribution in [3.63, 3.8) is 0 Å². The number of hydrogen-bond donors (Lipinski definition) is 1. The quantitative estimate of drug-likeness (QED) is 0.641. The summed E-state index contributed by atoms with van der Waals surface area (Å²) in [5.41, 5.74) is -0.319. The van der Waals surface area contributed by atoms with Crippen LogP contribution in [0.25, 0.3) is 5.57 Å². The maximum atomic E-state index is 13.3. The monoisotopic (exact) mass is 230 g/mol. The molecule has 0 radical (unpaired) electrons. The van der Waals surface area contributed by atoms with E-state index < -0.39 is 11.8 Å². The first-order chi connectivity index (χ1) is 7.06. The molecule has 0 spiro atoms. The van der Waals surface area contributed by atoms with Gasteiger partial charge in [0.2, 0.25) is 0 Å². The Morgan fingerprint density at radius 1 is 1.60 bits per heavy atom. The highest BCUT2D eigenvalue weighted by atomic mass is 35.5. The van der Waals surface area contributed by atoms with Crippen LogP contribution in [0.3, 0.4) is 0 Å². The molecule has 0 bridgehead atoms. The summed E-state index contributed by atoms with van der Waals surface area (Å²) in [6.07, 6.45) is 0.967. The standard InChI is InChI=1S/C10H8ClFO3/c1-15-5-8(10(13)14)7-3-2-6(11)4-9(7)12/h2-5H,1H3,(H,13,14). The Labute approximate surface area is 90.7 Å². The second-order valence-electron chi connectivity index (χ2n) is 2.70. The molecule has 1 rings (SSSR count). The lowest BCUT2D eigenvalue weighted by atomic mass is 10.1. The van der Waals surface area contributed by atoms with Crippen LogP contribution >= 0.6 is 11.6 Å². The average Bonchev–Trinajstić information content (AvgIpc) is 2.15. The summed E-state index contributed by atoms with van der Waals surface area (Å²) in [5.74, 6) is -1.97. The second-order valence-corrected chi connectivity index (χ2v) is 3.13. The van der Waals surface area contributed by atoms with Gasteiger partial charge >= 0.3 is 5.97 Å². The van der Waals surface area contributed by atoms with Gasteiger partial charge in [-0.05, 0) is 18.2 Å². The van der Waals surface area contributed by atoms with Crippen molar-refractivity contribution in [2.45, 2.75) is 0 Å². The molecule has 1 N–H and O–H groups in total. The smallest absolute Gasteiger partial charge is 0.339 e. The molecule has 0 aliphatic rings. The molecule has 3 nitrogen and oxygen atoms in total. The fourth-order valence-corrected chi connectivity index (χ4v) is 1.21. The number of aliphatic carboxylic acids is 1. The van der Waals surface area contributed by atoms with Gasteiger partial charge in [-0.2, -0.15) is 0 Å². The number of benzene rings is 1. The maximum absolute atomic E-state index is 13.3. The minimum atomic E-state index is -1.27. The van der Waals surface area contributed by atoms with Crippen molar-refractivity contribution in [3.8, 4) is 0 Å². The predicted molar refractivity (Wildman–Crippen MR) is 54.0 cm³/mol. The minimum absolute atomic E-state index is 0.0613. The molecular weight excluding hydrogens is 223 g/mol. The van der Waals surface area contributed by atoms with E-state index in [0.29, 0.717) is 0 Å². The molecule has 15 heavy (non-hydrogen) atoms. The van der Waals surface area contributed by atoms with Crippen molar-refractivity contribution in [2.24, 2.45) is 0 Å².